The highest BCUT2D eigenvalue weighted by Crippen LogP contribution is 2.09. The van der Waals surface area contributed by atoms with Gasteiger partial charge in [0.05, 0.1) is 0 Å². The van der Waals surface area contributed by atoms with E-state index in [2.05, 4.69) is 48.5 Å². The van der Waals surface area contributed by atoms with Crippen molar-refractivity contribution in [3.8, 4) is 0 Å². The highest BCUT2D eigenvalue weighted by molar-refractivity contribution is 4.47. The summed E-state index contributed by atoms with van der Waals surface area (Å²) in [4.78, 5) is 0. The SMILES string of the molecule is CC(C)(C)C.CCCCCCCC(C)C. The molecule has 0 N–H and O–H groups in total. The van der Waals surface area contributed by atoms with E-state index >= 15 is 0 Å². The molecule has 0 aliphatic carbocycles. The molecule has 15 heavy (non-hydrogen) atoms. The second-order valence-corrected chi connectivity index (χ2v) is 6.60. The molecule has 0 aliphatic heterocycles. The van der Waals surface area contributed by atoms with Crippen LogP contribution in [0.3, 0.4) is 0 Å². The van der Waals surface area contributed by atoms with E-state index < -0.39 is 0 Å². The van der Waals surface area contributed by atoms with Crippen molar-refractivity contribution in [1.82, 2.24) is 0 Å². The molecule has 0 spiro atoms. The van der Waals surface area contributed by atoms with Crippen LogP contribution < -0.4 is 0 Å². The van der Waals surface area contributed by atoms with Crippen LogP contribution in [0.15, 0.2) is 0 Å². The first-order valence-corrected chi connectivity index (χ1v) is 6.77. The molecule has 0 radical (unpaired) electrons. The van der Waals surface area contributed by atoms with Crippen molar-refractivity contribution < 1.29 is 0 Å². The van der Waals surface area contributed by atoms with Gasteiger partial charge in [0.2, 0.25) is 0 Å². The summed E-state index contributed by atoms with van der Waals surface area (Å²) in [5.41, 5.74) is 0.500. The molecule has 0 nitrogen and oxygen atoms in total. The van der Waals surface area contributed by atoms with E-state index in [0.717, 1.165) is 5.92 Å². The summed E-state index contributed by atoms with van der Waals surface area (Å²) in [6.07, 6.45) is 8.55. The third-order valence-electron chi connectivity index (χ3n) is 1.89. The Kier molecular flexibility index (Phi) is 12.2. The number of unbranched alkanes of at least 4 members (excludes halogenated alkanes) is 4. The van der Waals surface area contributed by atoms with Crippen LogP contribution >= 0.6 is 0 Å². The molecule has 0 aliphatic rings. The minimum absolute atomic E-state index is 0.500. The topological polar surface area (TPSA) is 0 Å². The first-order valence-electron chi connectivity index (χ1n) is 6.77. The van der Waals surface area contributed by atoms with Crippen molar-refractivity contribution in [2.45, 2.75) is 87.0 Å². The lowest BCUT2D eigenvalue weighted by Crippen LogP contribution is -1.93. The van der Waals surface area contributed by atoms with Gasteiger partial charge in [0.1, 0.15) is 0 Å². The maximum atomic E-state index is 2.31. The van der Waals surface area contributed by atoms with Gasteiger partial charge >= 0.3 is 0 Å². The Balaban J connectivity index is 0. The Labute approximate surface area is 98.9 Å². The lowest BCUT2D eigenvalue weighted by Gasteiger charge is -2.05. The van der Waals surface area contributed by atoms with E-state index in [0.29, 0.717) is 5.41 Å². The fraction of sp³-hybridized carbons (Fsp3) is 1.00. The molecular formula is C15H34. The quantitative estimate of drug-likeness (QED) is 0.472. The summed E-state index contributed by atoms with van der Waals surface area (Å²) >= 11 is 0. The second-order valence-electron chi connectivity index (χ2n) is 6.60. The number of hydrogen-bond donors (Lipinski definition) is 0. The van der Waals surface area contributed by atoms with Gasteiger partial charge in [-0.1, -0.05) is 87.0 Å². The molecule has 0 aromatic rings. The molecule has 0 bridgehead atoms. The van der Waals surface area contributed by atoms with E-state index in [1.165, 1.54) is 38.5 Å². The Morgan fingerprint density at radius 1 is 0.800 bits per heavy atom. The third-order valence-corrected chi connectivity index (χ3v) is 1.89. The Bertz CT molecular complexity index is 99.7. The molecule has 0 rings (SSSR count). The zero-order chi connectivity index (χ0) is 12.3. The van der Waals surface area contributed by atoms with Gasteiger partial charge in [-0.25, -0.2) is 0 Å². The molecule has 94 valence electrons. The van der Waals surface area contributed by atoms with Crippen LogP contribution in [0.4, 0.5) is 0 Å². The largest absolute Gasteiger partial charge is 0.0654 e. The van der Waals surface area contributed by atoms with Gasteiger partial charge in [-0.2, -0.15) is 0 Å². The summed E-state index contributed by atoms with van der Waals surface area (Å²) < 4.78 is 0. The van der Waals surface area contributed by atoms with Gasteiger partial charge in [0, 0.05) is 0 Å². The normalized spacial score (nSPS) is 11.2. The van der Waals surface area contributed by atoms with Crippen molar-refractivity contribution >= 4 is 0 Å². The van der Waals surface area contributed by atoms with Crippen LogP contribution in [-0.4, -0.2) is 0 Å². The van der Waals surface area contributed by atoms with Crippen LogP contribution in [-0.2, 0) is 0 Å². The van der Waals surface area contributed by atoms with Crippen LogP contribution in [0.1, 0.15) is 87.0 Å². The molecular weight excluding hydrogens is 180 g/mol. The average molecular weight is 214 g/mol. The smallest absolute Gasteiger partial charge is 0.0411 e. The predicted molar refractivity (Wildman–Crippen MR) is 73.3 cm³/mol. The van der Waals surface area contributed by atoms with Gasteiger partial charge in [-0.05, 0) is 11.3 Å². The summed E-state index contributed by atoms with van der Waals surface area (Å²) in [6, 6.07) is 0. The van der Waals surface area contributed by atoms with E-state index in [1.807, 2.05) is 0 Å². The molecule has 0 saturated heterocycles. The van der Waals surface area contributed by atoms with E-state index in [4.69, 9.17) is 0 Å². The molecule has 0 fully saturated rings. The molecule has 0 atom stereocenters. The maximum absolute atomic E-state index is 2.31. The first kappa shape index (κ1) is 17.4. The van der Waals surface area contributed by atoms with Crippen LogP contribution in [0.2, 0.25) is 0 Å². The minimum Gasteiger partial charge on any atom is -0.0654 e. The van der Waals surface area contributed by atoms with Crippen molar-refractivity contribution in [3.05, 3.63) is 0 Å². The van der Waals surface area contributed by atoms with Gasteiger partial charge in [0.15, 0.2) is 0 Å². The highest BCUT2D eigenvalue weighted by Gasteiger charge is 1.95. The Morgan fingerprint density at radius 2 is 1.20 bits per heavy atom. The van der Waals surface area contributed by atoms with E-state index in [9.17, 15) is 0 Å². The average Bonchev–Trinajstić information content (AvgIpc) is 2.00. The van der Waals surface area contributed by atoms with Gasteiger partial charge < -0.3 is 0 Å². The molecule has 0 heteroatoms. The molecule has 0 heterocycles. The lowest BCUT2D eigenvalue weighted by molar-refractivity contribution is 0.469. The van der Waals surface area contributed by atoms with Crippen LogP contribution in [0.5, 0.6) is 0 Å². The predicted octanol–water partition coefficient (Wildman–Crippen LogP) is 6.06. The zero-order valence-corrected chi connectivity index (χ0v) is 12.3. The fourth-order valence-corrected chi connectivity index (χ4v) is 1.16. The zero-order valence-electron chi connectivity index (χ0n) is 12.3. The van der Waals surface area contributed by atoms with E-state index in [-0.39, 0.29) is 0 Å². The van der Waals surface area contributed by atoms with Crippen molar-refractivity contribution in [2.24, 2.45) is 11.3 Å². The van der Waals surface area contributed by atoms with Crippen molar-refractivity contribution in [3.63, 3.8) is 0 Å². The monoisotopic (exact) mass is 214 g/mol. The first-order chi connectivity index (χ1) is 6.77. The van der Waals surface area contributed by atoms with Gasteiger partial charge in [-0.15, -0.1) is 0 Å². The van der Waals surface area contributed by atoms with Gasteiger partial charge in [0.25, 0.3) is 0 Å². The summed E-state index contributed by atoms with van der Waals surface area (Å²) in [6.45, 7) is 15.6. The number of hydrogen-bond acceptors (Lipinski definition) is 0. The standard InChI is InChI=1S/C10H22.C5H12/c1-4-5-6-7-8-9-10(2)3;1-5(2,3)4/h10H,4-9H2,1-3H3;1-4H3. The lowest BCUT2D eigenvalue weighted by atomic mass is 10.0. The highest BCUT2D eigenvalue weighted by atomic mass is 14.0. The van der Waals surface area contributed by atoms with Gasteiger partial charge in [-0.3, -0.25) is 0 Å². The number of rotatable bonds is 6. The summed E-state index contributed by atoms with van der Waals surface area (Å²) in [5, 5.41) is 0. The van der Waals surface area contributed by atoms with Crippen LogP contribution in [0, 0.1) is 11.3 Å². The summed E-state index contributed by atoms with van der Waals surface area (Å²) in [5.74, 6) is 0.904. The van der Waals surface area contributed by atoms with Crippen molar-refractivity contribution in [2.75, 3.05) is 0 Å². The molecule has 0 aromatic heterocycles. The summed E-state index contributed by atoms with van der Waals surface area (Å²) in [7, 11) is 0. The van der Waals surface area contributed by atoms with Crippen molar-refractivity contribution in [1.29, 1.82) is 0 Å². The molecule has 0 saturated carbocycles. The minimum atomic E-state index is 0.500. The molecule has 0 unspecified atom stereocenters. The van der Waals surface area contributed by atoms with E-state index in [1.54, 1.807) is 0 Å². The fourth-order valence-electron chi connectivity index (χ4n) is 1.16. The van der Waals surface area contributed by atoms with Crippen LogP contribution in [0.25, 0.3) is 0 Å². The second kappa shape index (κ2) is 10.5. The Hall–Kier alpha value is 0. The maximum Gasteiger partial charge on any atom is -0.0411 e. The molecule has 0 aromatic carbocycles. The Morgan fingerprint density at radius 3 is 1.53 bits per heavy atom. The third kappa shape index (κ3) is 41.1. The molecule has 0 amide bonds.